The Kier molecular flexibility index (Phi) is 6.95. The van der Waals surface area contributed by atoms with Crippen molar-refractivity contribution in [2.45, 2.75) is 32.4 Å². The fourth-order valence-corrected chi connectivity index (χ4v) is 5.57. The number of aromatic nitrogens is 1. The first-order valence-corrected chi connectivity index (χ1v) is 12.8. The summed E-state index contributed by atoms with van der Waals surface area (Å²) in [7, 11) is 0. The van der Waals surface area contributed by atoms with E-state index in [1.165, 1.54) is 18.1 Å². The molecule has 0 radical (unpaired) electrons. The number of piperazine rings is 1. The maximum Gasteiger partial charge on any atom is 0.255 e. The predicted molar refractivity (Wildman–Crippen MR) is 146 cm³/mol. The molecule has 0 spiro atoms. The summed E-state index contributed by atoms with van der Waals surface area (Å²) in [5.41, 5.74) is 4.28. The lowest BCUT2D eigenvalue weighted by Gasteiger charge is -2.44. The Morgan fingerprint density at radius 2 is 1.89 bits per heavy atom. The molecule has 0 saturated carbocycles. The van der Waals surface area contributed by atoms with Crippen molar-refractivity contribution >= 4 is 34.2 Å². The molecule has 184 valence electrons. The van der Waals surface area contributed by atoms with E-state index in [0.717, 1.165) is 30.4 Å². The van der Waals surface area contributed by atoms with Crippen molar-refractivity contribution in [2.75, 3.05) is 19.6 Å². The lowest BCUT2D eigenvalue weighted by Crippen LogP contribution is -2.54. The highest BCUT2D eigenvalue weighted by molar-refractivity contribution is 6.35. The largest absolute Gasteiger partial charge is 0.360 e. The SMILES string of the molecule is CC(=O)c1c[nH]c2cc(Cl)c(C(=O)N3CCN(C(C4=CCC=CC=C4)c4ccccc4)CC3C)cc12. The second-order valence-corrected chi connectivity index (χ2v) is 9.93. The molecule has 3 aromatic rings. The van der Waals surface area contributed by atoms with Crippen LogP contribution in [-0.2, 0) is 0 Å². The van der Waals surface area contributed by atoms with Gasteiger partial charge in [-0.1, -0.05) is 72.3 Å². The van der Waals surface area contributed by atoms with Crippen molar-refractivity contribution < 1.29 is 9.59 Å². The molecular weight excluding hydrogens is 470 g/mol. The number of fused-ring (bicyclic) bond motifs is 1. The zero-order valence-electron chi connectivity index (χ0n) is 20.6. The maximum atomic E-state index is 13.7. The highest BCUT2D eigenvalue weighted by Gasteiger charge is 2.34. The molecule has 5 nitrogen and oxygen atoms in total. The molecule has 1 N–H and O–H groups in total. The van der Waals surface area contributed by atoms with Crippen LogP contribution in [0.2, 0.25) is 5.02 Å². The van der Waals surface area contributed by atoms with Gasteiger partial charge in [0.25, 0.3) is 5.91 Å². The van der Waals surface area contributed by atoms with Crippen molar-refractivity contribution in [3.8, 4) is 0 Å². The topological polar surface area (TPSA) is 56.4 Å². The third-order valence-corrected chi connectivity index (χ3v) is 7.43. The van der Waals surface area contributed by atoms with E-state index in [-0.39, 0.29) is 23.8 Å². The molecule has 0 bridgehead atoms. The monoisotopic (exact) mass is 499 g/mol. The van der Waals surface area contributed by atoms with Gasteiger partial charge in [-0.15, -0.1) is 0 Å². The van der Waals surface area contributed by atoms with Gasteiger partial charge in [0.05, 0.1) is 16.6 Å². The zero-order chi connectivity index (χ0) is 25.2. The van der Waals surface area contributed by atoms with Gasteiger partial charge in [-0.2, -0.15) is 0 Å². The zero-order valence-corrected chi connectivity index (χ0v) is 21.3. The molecule has 1 aromatic heterocycles. The van der Waals surface area contributed by atoms with Crippen LogP contribution in [0.3, 0.4) is 0 Å². The highest BCUT2D eigenvalue weighted by atomic mass is 35.5. The van der Waals surface area contributed by atoms with Gasteiger partial charge < -0.3 is 9.88 Å². The van der Waals surface area contributed by atoms with Gasteiger partial charge in [0.15, 0.2) is 5.78 Å². The van der Waals surface area contributed by atoms with Crippen LogP contribution < -0.4 is 0 Å². The molecular formula is C30H30ClN3O2. The summed E-state index contributed by atoms with van der Waals surface area (Å²) in [6.45, 7) is 5.70. The predicted octanol–water partition coefficient (Wildman–Crippen LogP) is 6.35. The molecule has 1 fully saturated rings. The third-order valence-electron chi connectivity index (χ3n) is 7.12. The van der Waals surface area contributed by atoms with E-state index in [9.17, 15) is 9.59 Å². The second-order valence-electron chi connectivity index (χ2n) is 9.52. The molecule has 1 amide bonds. The first-order valence-electron chi connectivity index (χ1n) is 12.4. The van der Waals surface area contributed by atoms with Crippen LogP contribution in [0.1, 0.15) is 52.6 Å². The number of hydrogen-bond donors (Lipinski definition) is 1. The summed E-state index contributed by atoms with van der Waals surface area (Å²) in [6.07, 6.45) is 13.4. The number of Topliss-reactive ketones (excluding diaryl/α,β-unsaturated/α-hetero) is 1. The van der Waals surface area contributed by atoms with Gasteiger partial charge in [-0.25, -0.2) is 0 Å². The summed E-state index contributed by atoms with van der Waals surface area (Å²) in [5, 5.41) is 1.12. The normalized spacial score (nSPS) is 19.2. The molecule has 5 rings (SSSR count). The molecule has 36 heavy (non-hydrogen) atoms. The summed E-state index contributed by atoms with van der Waals surface area (Å²) in [5.74, 6) is -0.147. The van der Waals surface area contributed by atoms with Gasteiger partial charge in [0, 0.05) is 48.3 Å². The van der Waals surface area contributed by atoms with Crippen LogP contribution in [0.4, 0.5) is 0 Å². The number of ketones is 1. The number of carbonyl (C=O) groups is 2. The molecule has 1 saturated heterocycles. The smallest absolute Gasteiger partial charge is 0.255 e. The van der Waals surface area contributed by atoms with Crippen molar-refractivity contribution in [2.24, 2.45) is 0 Å². The number of carbonyl (C=O) groups excluding carboxylic acids is 2. The lowest BCUT2D eigenvalue weighted by molar-refractivity contribution is 0.0427. The number of amides is 1. The Bertz CT molecular complexity index is 1390. The number of nitrogens with one attached hydrogen (secondary N) is 1. The number of halogens is 1. The average molecular weight is 500 g/mol. The number of aromatic amines is 1. The Hall–Kier alpha value is -3.41. The van der Waals surface area contributed by atoms with Gasteiger partial charge in [0.1, 0.15) is 0 Å². The van der Waals surface area contributed by atoms with Crippen LogP contribution in [-0.4, -0.2) is 52.2 Å². The lowest BCUT2D eigenvalue weighted by atomic mass is 9.94. The van der Waals surface area contributed by atoms with E-state index in [2.05, 4.69) is 71.5 Å². The van der Waals surface area contributed by atoms with E-state index in [1.807, 2.05) is 11.0 Å². The Labute approximate surface area is 216 Å². The van der Waals surface area contributed by atoms with E-state index in [0.29, 0.717) is 22.7 Å². The van der Waals surface area contributed by atoms with Gasteiger partial charge in [-0.3, -0.25) is 14.5 Å². The number of nitrogens with zero attached hydrogens (tertiary/aromatic N) is 2. The van der Waals surface area contributed by atoms with E-state index >= 15 is 0 Å². The molecule has 2 aliphatic rings. The minimum atomic E-state index is -0.0983. The van der Waals surface area contributed by atoms with Crippen LogP contribution in [0, 0.1) is 0 Å². The van der Waals surface area contributed by atoms with Crippen molar-refractivity contribution in [1.29, 1.82) is 0 Å². The summed E-state index contributed by atoms with van der Waals surface area (Å²) >= 11 is 6.55. The Balaban J connectivity index is 1.41. The molecule has 6 heteroatoms. The number of allylic oxidation sites excluding steroid dienone is 4. The van der Waals surface area contributed by atoms with Crippen LogP contribution in [0.25, 0.3) is 10.9 Å². The molecule has 1 aliphatic carbocycles. The maximum absolute atomic E-state index is 13.7. The van der Waals surface area contributed by atoms with Crippen molar-refractivity contribution in [3.63, 3.8) is 0 Å². The minimum absolute atomic E-state index is 0.00351. The molecule has 2 aromatic carbocycles. The molecule has 1 aliphatic heterocycles. The van der Waals surface area contributed by atoms with Crippen LogP contribution >= 0.6 is 11.6 Å². The van der Waals surface area contributed by atoms with E-state index in [1.54, 1.807) is 18.3 Å². The van der Waals surface area contributed by atoms with Gasteiger partial charge in [0.2, 0.25) is 0 Å². The standard InChI is InChI=1S/C30H30ClN3O2/c1-20-19-33(29(23-12-8-5-9-13-23)22-10-6-3-4-7-11-22)14-15-34(20)30(36)25-16-24-26(21(2)35)18-32-28(24)17-27(25)31/h3-6,8-13,16-18,20,29,32H,7,14-15,19H2,1-2H3. The van der Waals surface area contributed by atoms with Gasteiger partial charge in [-0.05, 0) is 43.5 Å². The quantitative estimate of drug-likeness (QED) is 0.416. The first-order chi connectivity index (χ1) is 17.4. The highest BCUT2D eigenvalue weighted by Crippen LogP contribution is 2.34. The fourth-order valence-electron chi connectivity index (χ4n) is 5.32. The number of H-pyrrole nitrogens is 1. The molecule has 2 heterocycles. The third kappa shape index (κ3) is 4.69. The Morgan fingerprint density at radius 1 is 1.08 bits per heavy atom. The second kappa shape index (κ2) is 10.3. The van der Waals surface area contributed by atoms with E-state index in [4.69, 9.17) is 11.6 Å². The molecule has 2 unspecified atom stereocenters. The number of benzene rings is 2. The van der Waals surface area contributed by atoms with Crippen LogP contribution in [0.5, 0.6) is 0 Å². The van der Waals surface area contributed by atoms with Crippen molar-refractivity contribution in [3.05, 3.63) is 106 Å². The van der Waals surface area contributed by atoms with Gasteiger partial charge >= 0.3 is 0 Å². The number of hydrogen-bond acceptors (Lipinski definition) is 3. The fraction of sp³-hybridized carbons (Fsp3) is 0.267. The summed E-state index contributed by atoms with van der Waals surface area (Å²) in [6, 6.07) is 14.2. The minimum Gasteiger partial charge on any atom is -0.360 e. The van der Waals surface area contributed by atoms with Crippen molar-refractivity contribution in [1.82, 2.24) is 14.8 Å². The average Bonchev–Trinajstić information content (AvgIpc) is 3.09. The molecule has 2 atom stereocenters. The van der Waals surface area contributed by atoms with Crippen LogP contribution in [0.15, 0.2) is 84.6 Å². The first kappa shape index (κ1) is 24.3. The Morgan fingerprint density at radius 3 is 2.64 bits per heavy atom. The number of rotatable bonds is 5. The summed E-state index contributed by atoms with van der Waals surface area (Å²) in [4.78, 5) is 33.2. The summed E-state index contributed by atoms with van der Waals surface area (Å²) < 4.78 is 0. The van der Waals surface area contributed by atoms with E-state index < -0.39 is 0 Å².